The summed E-state index contributed by atoms with van der Waals surface area (Å²) in [7, 11) is 0. The zero-order chi connectivity index (χ0) is 19.2. The summed E-state index contributed by atoms with van der Waals surface area (Å²) >= 11 is 0. The summed E-state index contributed by atoms with van der Waals surface area (Å²) in [5.74, 6) is -0.530. The molecule has 0 bridgehead atoms. The average Bonchev–Trinajstić information content (AvgIpc) is 3.23. The number of furan rings is 1. The van der Waals surface area contributed by atoms with Crippen molar-refractivity contribution in [3.63, 3.8) is 0 Å². The summed E-state index contributed by atoms with van der Waals surface area (Å²) in [6.45, 7) is 4.04. The molecule has 0 saturated heterocycles. The lowest BCUT2D eigenvalue weighted by molar-refractivity contribution is 0.0853. The van der Waals surface area contributed by atoms with Crippen LogP contribution in [0.1, 0.15) is 39.0 Å². The zero-order valence-electron chi connectivity index (χ0n) is 15.4. The molecule has 0 radical (unpaired) electrons. The number of rotatable bonds is 7. The number of hydrogen-bond acceptors (Lipinski definition) is 4. The fraction of sp³-hybridized carbons (Fsp3) is 0.182. The van der Waals surface area contributed by atoms with E-state index in [9.17, 15) is 9.59 Å². The first-order valence-electron chi connectivity index (χ1n) is 8.87. The highest BCUT2D eigenvalue weighted by atomic mass is 16.3. The maximum atomic E-state index is 13.0. The number of carbonyl (C=O) groups excluding carboxylic acids is 2. The third kappa shape index (κ3) is 4.64. The molecule has 1 aromatic heterocycles. The van der Waals surface area contributed by atoms with Crippen LogP contribution in [0.4, 0.5) is 5.69 Å². The molecule has 2 N–H and O–H groups in total. The Kier molecular flexibility index (Phi) is 5.71. The maximum absolute atomic E-state index is 13.0. The number of anilines is 1. The molecule has 0 unspecified atom stereocenters. The van der Waals surface area contributed by atoms with Crippen molar-refractivity contribution in [2.45, 2.75) is 26.4 Å². The molecule has 138 valence electrons. The quantitative estimate of drug-likeness (QED) is 0.488. The molecule has 1 atom stereocenters. The molecule has 3 rings (SSSR count). The van der Waals surface area contributed by atoms with Crippen molar-refractivity contribution in [1.29, 1.82) is 0 Å². The fourth-order valence-corrected chi connectivity index (χ4v) is 2.66. The van der Waals surface area contributed by atoms with Crippen LogP contribution in [0.15, 0.2) is 71.3 Å². The molecule has 0 aliphatic heterocycles. The second kappa shape index (κ2) is 8.36. The minimum Gasteiger partial charge on any atom is -0.459 e. The van der Waals surface area contributed by atoms with Gasteiger partial charge in [0.1, 0.15) is 0 Å². The predicted octanol–water partition coefficient (Wildman–Crippen LogP) is 4.20. The van der Waals surface area contributed by atoms with Crippen molar-refractivity contribution in [2.75, 3.05) is 5.32 Å². The van der Waals surface area contributed by atoms with Gasteiger partial charge in [0.05, 0.1) is 6.26 Å². The first kappa shape index (κ1) is 18.5. The number of aryl methyl sites for hydroxylation is 2. The molecule has 0 spiro atoms. The van der Waals surface area contributed by atoms with E-state index in [1.807, 2.05) is 43.3 Å². The Labute approximate surface area is 158 Å². The average molecular weight is 362 g/mol. The van der Waals surface area contributed by atoms with Crippen LogP contribution in [0.3, 0.4) is 0 Å². The maximum Gasteiger partial charge on any atom is 0.288 e. The van der Waals surface area contributed by atoms with Gasteiger partial charge in [-0.2, -0.15) is 0 Å². The molecule has 5 heteroatoms. The third-order valence-electron chi connectivity index (χ3n) is 4.29. The van der Waals surface area contributed by atoms with Gasteiger partial charge in [-0.1, -0.05) is 48.9 Å². The van der Waals surface area contributed by atoms with Crippen LogP contribution >= 0.6 is 0 Å². The molecule has 27 heavy (non-hydrogen) atoms. The Morgan fingerprint density at radius 1 is 1.00 bits per heavy atom. The molecule has 2 aromatic carbocycles. The van der Waals surface area contributed by atoms with Crippen LogP contribution in [0.25, 0.3) is 0 Å². The Morgan fingerprint density at radius 3 is 2.30 bits per heavy atom. The van der Waals surface area contributed by atoms with Gasteiger partial charge in [0.2, 0.25) is 5.78 Å². The zero-order valence-corrected chi connectivity index (χ0v) is 15.4. The normalized spacial score (nSPS) is 11.6. The monoisotopic (exact) mass is 362 g/mol. The van der Waals surface area contributed by atoms with Gasteiger partial charge in [-0.15, -0.1) is 0 Å². The molecule has 1 amide bonds. The summed E-state index contributed by atoms with van der Waals surface area (Å²) in [5.41, 5.74) is 3.52. The highest BCUT2D eigenvalue weighted by Crippen LogP contribution is 2.14. The lowest BCUT2D eigenvalue weighted by Gasteiger charge is -2.20. The van der Waals surface area contributed by atoms with Crippen LogP contribution < -0.4 is 10.6 Å². The van der Waals surface area contributed by atoms with E-state index in [1.165, 1.54) is 11.8 Å². The predicted molar refractivity (Wildman–Crippen MR) is 105 cm³/mol. The van der Waals surface area contributed by atoms with Gasteiger partial charge in [0.15, 0.2) is 11.9 Å². The number of benzene rings is 2. The van der Waals surface area contributed by atoms with E-state index in [4.69, 9.17) is 4.42 Å². The van der Waals surface area contributed by atoms with E-state index in [2.05, 4.69) is 17.6 Å². The lowest BCUT2D eigenvalue weighted by Crippen LogP contribution is -2.46. The van der Waals surface area contributed by atoms with Crippen LogP contribution in [0.2, 0.25) is 0 Å². The van der Waals surface area contributed by atoms with E-state index >= 15 is 0 Å². The lowest BCUT2D eigenvalue weighted by atomic mass is 10.1. The Balaban J connectivity index is 1.83. The summed E-state index contributed by atoms with van der Waals surface area (Å²) in [6.07, 6.45) is 1.43. The molecule has 5 nitrogen and oxygen atoms in total. The van der Waals surface area contributed by atoms with Crippen LogP contribution in [-0.4, -0.2) is 17.9 Å². The molecular formula is C22H22N2O3. The minimum atomic E-state index is -0.919. The summed E-state index contributed by atoms with van der Waals surface area (Å²) in [5, 5.41) is 5.83. The van der Waals surface area contributed by atoms with E-state index < -0.39 is 12.1 Å². The topological polar surface area (TPSA) is 71.3 Å². The number of hydrogen-bond donors (Lipinski definition) is 2. The third-order valence-corrected chi connectivity index (χ3v) is 4.29. The minimum absolute atomic E-state index is 0.153. The summed E-state index contributed by atoms with van der Waals surface area (Å²) in [4.78, 5) is 25.4. The molecule has 3 aromatic rings. The standard InChI is InChI=1S/C22H22N2O3/c1-3-16-8-12-18(13-9-16)23-21(24-22(26)19-5-4-14-27-19)20(25)17-10-6-15(2)7-11-17/h4-14,21,23H,3H2,1-2H3,(H,24,26)/t21-/m1/s1. The van der Waals surface area contributed by atoms with E-state index in [1.54, 1.807) is 24.3 Å². The number of carbonyl (C=O) groups is 2. The van der Waals surface area contributed by atoms with Crippen molar-refractivity contribution in [2.24, 2.45) is 0 Å². The van der Waals surface area contributed by atoms with Gasteiger partial charge in [0.25, 0.3) is 5.91 Å². The summed E-state index contributed by atoms with van der Waals surface area (Å²) in [6, 6.07) is 18.2. The second-order valence-electron chi connectivity index (χ2n) is 6.31. The molecule has 0 saturated carbocycles. The number of Topliss-reactive ketones (excluding diaryl/α,β-unsaturated/α-hetero) is 1. The van der Waals surface area contributed by atoms with Crippen molar-refractivity contribution in [3.05, 3.63) is 89.4 Å². The summed E-state index contributed by atoms with van der Waals surface area (Å²) < 4.78 is 5.13. The van der Waals surface area contributed by atoms with Crippen molar-refractivity contribution >= 4 is 17.4 Å². The highest BCUT2D eigenvalue weighted by Gasteiger charge is 2.23. The number of amides is 1. The largest absolute Gasteiger partial charge is 0.459 e. The first-order chi connectivity index (χ1) is 13.1. The number of ketones is 1. The van der Waals surface area contributed by atoms with Crippen LogP contribution in [0.5, 0.6) is 0 Å². The fourth-order valence-electron chi connectivity index (χ4n) is 2.66. The highest BCUT2D eigenvalue weighted by molar-refractivity contribution is 6.04. The van der Waals surface area contributed by atoms with Crippen LogP contribution in [-0.2, 0) is 6.42 Å². The van der Waals surface area contributed by atoms with Crippen molar-refractivity contribution in [3.8, 4) is 0 Å². The van der Waals surface area contributed by atoms with E-state index in [0.717, 1.165) is 17.7 Å². The second-order valence-corrected chi connectivity index (χ2v) is 6.31. The van der Waals surface area contributed by atoms with Gasteiger partial charge in [0, 0.05) is 11.3 Å². The smallest absolute Gasteiger partial charge is 0.288 e. The first-order valence-corrected chi connectivity index (χ1v) is 8.87. The SMILES string of the molecule is CCc1ccc(N[C@H](NC(=O)c2ccco2)C(=O)c2ccc(C)cc2)cc1. The van der Waals surface area contributed by atoms with Gasteiger partial charge in [-0.05, 0) is 43.2 Å². The Bertz CT molecular complexity index is 898. The van der Waals surface area contributed by atoms with E-state index in [0.29, 0.717) is 5.56 Å². The van der Waals surface area contributed by atoms with Gasteiger partial charge < -0.3 is 15.1 Å². The van der Waals surface area contributed by atoms with Crippen molar-refractivity contribution < 1.29 is 14.0 Å². The van der Waals surface area contributed by atoms with Crippen LogP contribution in [0, 0.1) is 6.92 Å². The number of nitrogens with one attached hydrogen (secondary N) is 2. The van der Waals surface area contributed by atoms with Gasteiger partial charge >= 0.3 is 0 Å². The Hall–Kier alpha value is -3.34. The molecule has 1 heterocycles. The van der Waals surface area contributed by atoms with Gasteiger partial charge in [-0.3, -0.25) is 9.59 Å². The molecule has 0 aliphatic carbocycles. The molecular weight excluding hydrogens is 340 g/mol. The van der Waals surface area contributed by atoms with Gasteiger partial charge in [-0.25, -0.2) is 0 Å². The van der Waals surface area contributed by atoms with E-state index in [-0.39, 0.29) is 11.5 Å². The molecule has 0 fully saturated rings. The van der Waals surface area contributed by atoms with Crippen molar-refractivity contribution in [1.82, 2.24) is 5.32 Å². The molecule has 0 aliphatic rings. The Morgan fingerprint density at radius 2 is 1.70 bits per heavy atom.